The van der Waals surface area contributed by atoms with Gasteiger partial charge in [0.15, 0.2) is 11.8 Å². The highest BCUT2D eigenvalue weighted by molar-refractivity contribution is 6.11. The maximum Gasteiger partial charge on any atom is 0.272 e. The van der Waals surface area contributed by atoms with Crippen LogP contribution < -0.4 is 10.4 Å². The summed E-state index contributed by atoms with van der Waals surface area (Å²) in [5.41, 5.74) is 0.724. The number of hydrogen-bond acceptors (Lipinski definition) is 6. The molecule has 102 valence electrons. The molecule has 0 aliphatic carbocycles. The van der Waals surface area contributed by atoms with Crippen LogP contribution in [-0.2, 0) is 21.5 Å². The Hall–Kier alpha value is -2.19. The summed E-state index contributed by atoms with van der Waals surface area (Å²) in [6, 6.07) is -3.23. The molecule has 2 heterocycles. The molecule has 0 bridgehead atoms. The molecule has 1 N–H and O–H groups in total. The van der Waals surface area contributed by atoms with Crippen LogP contribution in [0.5, 0.6) is 0 Å². The van der Waals surface area contributed by atoms with Crippen molar-refractivity contribution in [2.75, 3.05) is 19.2 Å². The number of ketones is 1. The monoisotopic (exact) mass is 268 g/mol. The molecule has 0 saturated carbocycles. The van der Waals surface area contributed by atoms with Gasteiger partial charge in [0.25, 0.3) is 5.91 Å². The molecule has 2 rings (SSSR count). The molecule has 1 aromatic heterocycles. The molecule has 0 saturated heterocycles. The Balaban J connectivity index is 2.50. The van der Waals surface area contributed by atoms with Crippen molar-refractivity contribution in [3.63, 3.8) is 0 Å². The summed E-state index contributed by atoms with van der Waals surface area (Å²) in [5, 5.41) is 5.63. The third-order valence-electron chi connectivity index (χ3n) is 2.46. The number of likely N-dealkylation sites (N-methyl/N-ethyl adjacent to an activating group) is 1. The molecule has 1 aromatic rings. The minimum Gasteiger partial charge on any atom is -0.292 e. The summed E-state index contributed by atoms with van der Waals surface area (Å²) < 4.78 is 25.4. The highest BCUT2D eigenvalue weighted by atomic mass is 16.7. The third kappa shape index (κ3) is 2.64. The van der Waals surface area contributed by atoms with E-state index in [1.54, 1.807) is 7.05 Å². The van der Waals surface area contributed by atoms with Crippen LogP contribution >= 0.6 is 0 Å². The summed E-state index contributed by atoms with van der Waals surface area (Å²) in [5.74, 6) is -2.20. The Morgan fingerprint density at radius 1 is 1.79 bits per heavy atom. The minimum absolute atomic E-state index is 0.333. The van der Waals surface area contributed by atoms with Crippen molar-refractivity contribution >= 4 is 17.4 Å². The molecule has 0 radical (unpaired) electrons. The summed E-state index contributed by atoms with van der Waals surface area (Å²) >= 11 is 0. The number of hydrogen-bond donors (Lipinski definition) is 1. The van der Waals surface area contributed by atoms with Crippen LogP contribution in [0, 0.1) is 0 Å². The molecule has 1 amide bonds. The molecule has 8 heteroatoms. The highest BCUT2D eigenvalue weighted by Gasteiger charge is 2.32. The van der Waals surface area contributed by atoms with Crippen molar-refractivity contribution in [3.8, 4) is 0 Å². The van der Waals surface area contributed by atoms with Gasteiger partial charge in [-0.1, -0.05) is 0 Å². The first-order chi connectivity index (χ1) is 10.2. The number of aryl methyl sites for hydroxylation is 1. The normalized spacial score (nSPS) is 26.5. The Morgan fingerprint density at radius 3 is 3.11 bits per heavy atom. The zero-order valence-electron chi connectivity index (χ0n) is 13.7. The van der Waals surface area contributed by atoms with Crippen LogP contribution in [-0.4, -0.2) is 46.7 Å². The molecule has 0 fully saturated rings. The van der Waals surface area contributed by atoms with E-state index >= 15 is 0 Å². The van der Waals surface area contributed by atoms with Crippen molar-refractivity contribution in [3.05, 3.63) is 24.6 Å². The molecule has 8 nitrogen and oxygen atoms in total. The predicted octanol–water partition coefficient (Wildman–Crippen LogP) is -0.784. The summed E-state index contributed by atoms with van der Waals surface area (Å²) in [6.07, 6.45) is 3.96. The summed E-state index contributed by atoms with van der Waals surface area (Å²) in [7, 11) is 4.06. The number of hydrazine groups is 1. The third-order valence-corrected chi connectivity index (χ3v) is 2.46. The van der Waals surface area contributed by atoms with Crippen LogP contribution in [0.3, 0.4) is 0 Å². The van der Waals surface area contributed by atoms with Crippen LogP contribution in [0.25, 0.3) is 0 Å². The van der Waals surface area contributed by atoms with E-state index in [-0.39, 0.29) is 0 Å². The van der Waals surface area contributed by atoms with Crippen molar-refractivity contribution in [2.45, 2.75) is 6.02 Å². The zero-order valence-corrected chi connectivity index (χ0v) is 10.7. The number of hydroxylamine groups is 2. The minimum atomic E-state index is -2.66. The highest BCUT2D eigenvalue weighted by Crippen LogP contribution is 2.14. The number of rotatable bonds is 3. The smallest absolute Gasteiger partial charge is 0.272 e. The lowest BCUT2D eigenvalue weighted by Crippen LogP contribution is -2.56. The van der Waals surface area contributed by atoms with Crippen molar-refractivity contribution < 1.29 is 18.6 Å². The first-order valence-corrected chi connectivity index (χ1v) is 5.35. The zero-order chi connectivity index (χ0) is 16.7. The van der Waals surface area contributed by atoms with Gasteiger partial charge >= 0.3 is 0 Å². The molecule has 1 atom stereocenters. The molecular formula is C11H15N5O3. The lowest BCUT2D eigenvalue weighted by atomic mass is 10.1. The predicted molar refractivity (Wildman–Crippen MR) is 66.5 cm³/mol. The number of nitrogens with one attached hydrogen (secondary N) is 1. The van der Waals surface area contributed by atoms with E-state index < -0.39 is 23.8 Å². The van der Waals surface area contributed by atoms with Gasteiger partial charge in [-0.3, -0.25) is 24.1 Å². The van der Waals surface area contributed by atoms with E-state index in [1.807, 2.05) is 0 Å². The first kappa shape index (κ1) is 9.70. The van der Waals surface area contributed by atoms with Crippen molar-refractivity contribution in [1.29, 1.82) is 0 Å². The molecule has 1 unspecified atom stereocenters. The molecule has 1 aliphatic heterocycles. The van der Waals surface area contributed by atoms with E-state index in [2.05, 4.69) is 5.10 Å². The Bertz CT molecular complexity index is 649. The van der Waals surface area contributed by atoms with E-state index in [0.29, 0.717) is 16.2 Å². The Labute approximate surface area is 114 Å². The second kappa shape index (κ2) is 5.21. The first-order valence-electron chi connectivity index (χ1n) is 6.80. The van der Waals surface area contributed by atoms with E-state index in [1.165, 1.54) is 31.2 Å². The fourth-order valence-electron chi connectivity index (χ4n) is 1.40. The van der Waals surface area contributed by atoms with Gasteiger partial charge in [0.05, 0.1) is 21.7 Å². The number of nitrogens with zero attached hydrogens (tertiary/aromatic N) is 4. The lowest BCUT2D eigenvalue weighted by molar-refractivity contribution is -0.171. The SMILES string of the molecule is [2H]C1=CN(c2cnn(C)c2)N([2H])C([2H])(C(=O)N(C)OC)C1=O. The summed E-state index contributed by atoms with van der Waals surface area (Å²) in [4.78, 5) is 29.1. The lowest BCUT2D eigenvalue weighted by Gasteiger charge is -2.29. The largest absolute Gasteiger partial charge is 0.292 e. The average Bonchev–Trinajstić information content (AvgIpc) is 2.93. The van der Waals surface area contributed by atoms with Crippen LogP contribution in [0.2, 0.25) is 1.41 Å². The van der Waals surface area contributed by atoms with Gasteiger partial charge in [0.2, 0.25) is 0 Å². The van der Waals surface area contributed by atoms with E-state index in [4.69, 9.17) is 8.99 Å². The molecule has 19 heavy (non-hydrogen) atoms. The topological polar surface area (TPSA) is 79.7 Å². The number of carbonyl (C=O) groups excluding carboxylic acids is 2. The number of amides is 1. The van der Waals surface area contributed by atoms with Gasteiger partial charge in [0, 0.05) is 32.5 Å². The van der Waals surface area contributed by atoms with Crippen molar-refractivity contribution in [2.24, 2.45) is 7.05 Å². The second-order valence-electron chi connectivity index (χ2n) is 3.75. The Morgan fingerprint density at radius 2 is 2.53 bits per heavy atom. The van der Waals surface area contributed by atoms with Gasteiger partial charge in [-0.05, 0) is 0 Å². The van der Waals surface area contributed by atoms with E-state index in [0.717, 1.165) is 11.2 Å². The van der Waals surface area contributed by atoms with Crippen molar-refractivity contribution in [1.82, 2.24) is 20.3 Å². The number of anilines is 1. The standard InChI is InChI=1S/C11H15N5O3/c1-14-7-8(6-12-14)16-5-4-9(17)10(13-16)11(18)15(2)19-3/h4-7,10,13H,1-3H3/i4D,10D/hD. The maximum absolute atomic E-state index is 12.3. The van der Waals surface area contributed by atoms with Gasteiger partial charge < -0.3 is 0 Å². The van der Waals surface area contributed by atoms with Crippen LogP contribution in [0.4, 0.5) is 5.69 Å². The molecule has 0 spiro atoms. The van der Waals surface area contributed by atoms with E-state index in [9.17, 15) is 9.59 Å². The maximum atomic E-state index is 12.3. The second-order valence-corrected chi connectivity index (χ2v) is 3.75. The molecule has 0 aromatic carbocycles. The van der Waals surface area contributed by atoms with Crippen LogP contribution in [0.1, 0.15) is 2.74 Å². The molecule has 1 aliphatic rings. The number of carbonyl (C=O) groups is 2. The van der Waals surface area contributed by atoms with Gasteiger partial charge in [-0.2, -0.15) is 5.10 Å². The van der Waals surface area contributed by atoms with Gasteiger partial charge in [-0.25, -0.2) is 10.5 Å². The van der Waals surface area contributed by atoms with Gasteiger partial charge in [0.1, 0.15) is 1.41 Å². The molecular weight excluding hydrogens is 250 g/mol. The average molecular weight is 268 g/mol. The Kier molecular flexibility index (Phi) is 2.66. The van der Waals surface area contributed by atoms with Gasteiger partial charge in [-0.15, -0.1) is 0 Å². The quantitative estimate of drug-likeness (QED) is 0.572. The number of aromatic nitrogens is 2. The summed E-state index contributed by atoms with van der Waals surface area (Å²) in [6.45, 7) is 0. The fourth-order valence-corrected chi connectivity index (χ4v) is 1.40. The fraction of sp³-hybridized carbons (Fsp3) is 0.364. The van der Waals surface area contributed by atoms with Crippen LogP contribution in [0.15, 0.2) is 24.6 Å².